The van der Waals surface area contributed by atoms with Crippen LogP contribution in [0.2, 0.25) is 0 Å². The second-order valence-electron chi connectivity index (χ2n) is 7.84. The molecule has 1 aliphatic heterocycles. The molecule has 0 aromatic heterocycles. The monoisotopic (exact) mass is 330 g/mol. The minimum absolute atomic E-state index is 0.366. The standard InChI is InChI=1S/C20H30N2O2/c1-15(2)19-14-21(10-3-11-22(19)13-17-4-5-17)12-16-6-8-18(9-7-16)20(23)24/h6-9,15,17,19H,3-5,10-14H2,1-2H3,(H,23,24)/t19-/m0/s1. The Morgan fingerprint density at radius 2 is 1.92 bits per heavy atom. The van der Waals surface area contributed by atoms with Crippen LogP contribution in [-0.2, 0) is 6.54 Å². The van der Waals surface area contributed by atoms with Gasteiger partial charge in [0.2, 0.25) is 0 Å². The Morgan fingerprint density at radius 3 is 2.50 bits per heavy atom. The van der Waals surface area contributed by atoms with E-state index in [2.05, 4.69) is 23.6 Å². The van der Waals surface area contributed by atoms with Crippen molar-refractivity contribution < 1.29 is 9.90 Å². The molecular weight excluding hydrogens is 300 g/mol. The Bertz CT molecular complexity index is 551. The summed E-state index contributed by atoms with van der Waals surface area (Å²) >= 11 is 0. The van der Waals surface area contributed by atoms with Gasteiger partial charge in [0.25, 0.3) is 0 Å². The van der Waals surface area contributed by atoms with Crippen LogP contribution in [0.15, 0.2) is 24.3 Å². The summed E-state index contributed by atoms with van der Waals surface area (Å²) in [6, 6.07) is 7.98. The smallest absolute Gasteiger partial charge is 0.335 e. The summed E-state index contributed by atoms with van der Waals surface area (Å²) in [5.74, 6) is 0.756. The SMILES string of the molecule is CC(C)[C@@H]1CN(Cc2ccc(C(=O)O)cc2)CCCN1CC1CC1. The van der Waals surface area contributed by atoms with E-state index in [1.54, 1.807) is 12.1 Å². The van der Waals surface area contributed by atoms with Gasteiger partial charge in [-0.15, -0.1) is 0 Å². The molecule has 2 fully saturated rings. The largest absolute Gasteiger partial charge is 0.478 e. The highest BCUT2D eigenvalue weighted by Crippen LogP contribution is 2.32. The number of carboxylic acid groups (broad SMARTS) is 1. The molecule has 0 unspecified atom stereocenters. The Balaban J connectivity index is 1.63. The molecule has 0 amide bonds. The van der Waals surface area contributed by atoms with E-state index in [9.17, 15) is 4.79 Å². The van der Waals surface area contributed by atoms with E-state index in [1.165, 1.54) is 37.9 Å². The predicted octanol–water partition coefficient (Wildman–Crippen LogP) is 3.33. The van der Waals surface area contributed by atoms with Crippen LogP contribution in [0.4, 0.5) is 0 Å². The zero-order valence-corrected chi connectivity index (χ0v) is 14.9. The van der Waals surface area contributed by atoms with Gasteiger partial charge in [-0.25, -0.2) is 4.79 Å². The third-order valence-electron chi connectivity index (χ3n) is 5.40. The molecule has 0 radical (unpaired) electrons. The van der Waals surface area contributed by atoms with E-state index < -0.39 is 5.97 Å². The molecule has 1 saturated heterocycles. The minimum Gasteiger partial charge on any atom is -0.478 e. The number of carboxylic acids is 1. The van der Waals surface area contributed by atoms with Crippen LogP contribution < -0.4 is 0 Å². The first-order valence-corrected chi connectivity index (χ1v) is 9.31. The molecule has 1 saturated carbocycles. The number of aromatic carboxylic acids is 1. The van der Waals surface area contributed by atoms with Crippen molar-refractivity contribution in [3.05, 3.63) is 35.4 Å². The Hall–Kier alpha value is -1.39. The van der Waals surface area contributed by atoms with Crippen LogP contribution in [0.3, 0.4) is 0 Å². The van der Waals surface area contributed by atoms with E-state index in [0.29, 0.717) is 17.5 Å². The van der Waals surface area contributed by atoms with Crippen LogP contribution in [0.1, 0.15) is 49.0 Å². The van der Waals surface area contributed by atoms with Gasteiger partial charge in [0.1, 0.15) is 0 Å². The van der Waals surface area contributed by atoms with Gasteiger partial charge in [-0.3, -0.25) is 9.80 Å². The van der Waals surface area contributed by atoms with Crippen molar-refractivity contribution in [3.63, 3.8) is 0 Å². The summed E-state index contributed by atoms with van der Waals surface area (Å²) in [6.45, 7) is 10.3. The molecule has 2 aliphatic rings. The second kappa shape index (κ2) is 7.66. The zero-order valence-electron chi connectivity index (χ0n) is 14.9. The molecule has 1 aromatic carbocycles. The molecule has 0 spiro atoms. The fourth-order valence-electron chi connectivity index (χ4n) is 3.78. The summed E-state index contributed by atoms with van der Waals surface area (Å²) in [6.07, 6.45) is 4.06. The maximum Gasteiger partial charge on any atom is 0.335 e. The van der Waals surface area contributed by atoms with Gasteiger partial charge in [0.05, 0.1) is 5.56 Å². The van der Waals surface area contributed by atoms with Gasteiger partial charge in [-0.05, 0) is 61.9 Å². The van der Waals surface area contributed by atoms with Gasteiger partial charge >= 0.3 is 5.97 Å². The number of carbonyl (C=O) groups is 1. The van der Waals surface area contributed by atoms with E-state index in [4.69, 9.17) is 5.11 Å². The highest BCUT2D eigenvalue weighted by Gasteiger charge is 2.32. The number of hydrogen-bond acceptors (Lipinski definition) is 3. The average Bonchev–Trinajstić information content (AvgIpc) is 3.36. The van der Waals surface area contributed by atoms with Crippen LogP contribution >= 0.6 is 0 Å². The van der Waals surface area contributed by atoms with Crippen molar-refractivity contribution in [3.8, 4) is 0 Å². The van der Waals surface area contributed by atoms with Crippen molar-refractivity contribution >= 4 is 5.97 Å². The first-order chi connectivity index (χ1) is 11.5. The van der Waals surface area contributed by atoms with Gasteiger partial charge in [0, 0.05) is 25.7 Å². The molecule has 0 bridgehead atoms. The van der Waals surface area contributed by atoms with Crippen molar-refractivity contribution in [1.29, 1.82) is 0 Å². The number of hydrogen-bond donors (Lipinski definition) is 1. The maximum absolute atomic E-state index is 11.0. The summed E-state index contributed by atoms with van der Waals surface area (Å²) in [4.78, 5) is 16.3. The first-order valence-electron chi connectivity index (χ1n) is 9.31. The summed E-state index contributed by atoms with van der Waals surface area (Å²) in [7, 11) is 0. The second-order valence-corrected chi connectivity index (χ2v) is 7.84. The van der Waals surface area contributed by atoms with Crippen LogP contribution in [0.25, 0.3) is 0 Å². The minimum atomic E-state index is -0.855. The molecule has 24 heavy (non-hydrogen) atoms. The Labute approximate surface area is 145 Å². The van der Waals surface area contributed by atoms with Crippen LogP contribution in [0, 0.1) is 11.8 Å². The molecule has 4 nitrogen and oxygen atoms in total. The lowest BCUT2D eigenvalue weighted by Crippen LogP contribution is -2.45. The number of nitrogens with zero attached hydrogens (tertiary/aromatic N) is 2. The molecule has 3 rings (SSSR count). The zero-order chi connectivity index (χ0) is 17.1. The molecule has 132 valence electrons. The van der Waals surface area contributed by atoms with Crippen LogP contribution in [0.5, 0.6) is 0 Å². The highest BCUT2D eigenvalue weighted by atomic mass is 16.4. The summed E-state index contributed by atoms with van der Waals surface area (Å²) < 4.78 is 0. The number of benzene rings is 1. The Kier molecular flexibility index (Phi) is 5.57. The van der Waals surface area contributed by atoms with Crippen molar-refractivity contribution in [2.45, 2.75) is 45.7 Å². The van der Waals surface area contributed by atoms with Gasteiger partial charge in [0.15, 0.2) is 0 Å². The van der Waals surface area contributed by atoms with Crippen molar-refractivity contribution in [2.75, 3.05) is 26.2 Å². The molecule has 1 heterocycles. The third kappa shape index (κ3) is 4.58. The molecule has 1 aliphatic carbocycles. The topological polar surface area (TPSA) is 43.8 Å². The van der Waals surface area contributed by atoms with Crippen molar-refractivity contribution in [2.24, 2.45) is 11.8 Å². The van der Waals surface area contributed by atoms with E-state index in [-0.39, 0.29) is 0 Å². The maximum atomic E-state index is 11.0. The normalized spacial score (nSPS) is 23.4. The van der Waals surface area contributed by atoms with Gasteiger partial charge < -0.3 is 5.11 Å². The van der Waals surface area contributed by atoms with Gasteiger partial charge in [-0.2, -0.15) is 0 Å². The quantitative estimate of drug-likeness (QED) is 0.869. The number of rotatable bonds is 6. The Morgan fingerprint density at radius 1 is 1.21 bits per heavy atom. The molecule has 1 aromatic rings. The van der Waals surface area contributed by atoms with Crippen molar-refractivity contribution in [1.82, 2.24) is 9.80 Å². The fourth-order valence-corrected chi connectivity index (χ4v) is 3.78. The lowest BCUT2D eigenvalue weighted by atomic mass is 10.0. The summed E-state index contributed by atoms with van der Waals surface area (Å²) in [5.41, 5.74) is 1.57. The lowest BCUT2D eigenvalue weighted by Gasteiger charge is -2.34. The highest BCUT2D eigenvalue weighted by molar-refractivity contribution is 5.87. The summed E-state index contributed by atoms with van der Waals surface area (Å²) in [5, 5.41) is 9.02. The lowest BCUT2D eigenvalue weighted by molar-refractivity contribution is 0.0697. The van der Waals surface area contributed by atoms with Gasteiger partial charge in [-0.1, -0.05) is 26.0 Å². The third-order valence-corrected chi connectivity index (χ3v) is 5.40. The molecule has 1 atom stereocenters. The predicted molar refractivity (Wildman–Crippen MR) is 96.2 cm³/mol. The fraction of sp³-hybridized carbons (Fsp3) is 0.650. The van der Waals surface area contributed by atoms with Crippen LogP contribution in [-0.4, -0.2) is 53.1 Å². The molecular formula is C20H30N2O2. The molecule has 4 heteroatoms. The average molecular weight is 330 g/mol. The first kappa shape index (κ1) is 17.4. The van der Waals surface area contributed by atoms with E-state index >= 15 is 0 Å². The van der Waals surface area contributed by atoms with E-state index in [0.717, 1.165) is 25.6 Å². The van der Waals surface area contributed by atoms with E-state index in [1.807, 2.05) is 12.1 Å². The molecule has 1 N–H and O–H groups in total.